The number of aromatic nitrogens is 2. The van der Waals surface area contributed by atoms with Gasteiger partial charge in [-0.05, 0) is 54.5 Å². The summed E-state index contributed by atoms with van der Waals surface area (Å²) in [5.74, 6) is 0. The fraction of sp³-hybridized carbons (Fsp3) is 0.467. The first-order valence-corrected chi connectivity index (χ1v) is 7.76. The van der Waals surface area contributed by atoms with Crippen LogP contribution in [0.2, 0.25) is 0 Å². The molecule has 1 aliphatic rings. The van der Waals surface area contributed by atoms with Crippen LogP contribution in [0.1, 0.15) is 12.8 Å². The lowest BCUT2D eigenvalue weighted by Gasteiger charge is -2.37. The summed E-state index contributed by atoms with van der Waals surface area (Å²) in [4.78, 5) is 13.7. The van der Waals surface area contributed by atoms with E-state index in [4.69, 9.17) is 0 Å². The van der Waals surface area contributed by atoms with Gasteiger partial charge in [0.05, 0.1) is 11.2 Å². The van der Waals surface area contributed by atoms with Crippen LogP contribution < -0.4 is 4.90 Å². The number of likely N-dealkylation sites (N-methyl/N-ethyl adjacent to an activating group) is 2. The number of hydrogen-bond donors (Lipinski definition) is 0. The number of hydrogen-bond acceptors (Lipinski definition) is 4. The summed E-state index contributed by atoms with van der Waals surface area (Å²) < 4.78 is 0.967. The highest BCUT2D eigenvalue weighted by Gasteiger charge is 2.22. The average molecular weight is 335 g/mol. The minimum atomic E-state index is 0.546. The van der Waals surface area contributed by atoms with E-state index in [1.807, 2.05) is 18.5 Å². The normalized spacial score (nSPS) is 20.2. The highest BCUT2D eigenvalue weighted by atomic mass is 79.9. The number of piperidine rings is 1. The van der Waals surface area contributed by atoms with Gasteiger partial charge in [0, 0.05) is 36.5 Å². The van der Waals surface area contributed by atoms with Crippen molar-refractivity contribution in [1.82, 2.24) is 14.9 Å². The summed E-state index contributed by atoms with van der Waals surface area (Å²) >= 11 is 3.46. The molecule has 1 saturated heterocycles. The molecule has 0 amide bonds. The third-order valence-corrected chi connectivity index (χ3v) is 4.48. The van der Waals surface area contributed by atoms with Gasteiger partial charge in [0.1, 0.15) is 5.52 Å². The molecule has 0 saturated carbocycles. The van der Waals surface area contributed by atoms with Crippen LogP contribution in [-0.4, -0.2) is 48.1 Å². The van der Waals surface area contributed by atoms with E-state index in [0.29, 0.717) is 6.04 Å². The SMILES string of the molecule is CN1CCCC(N(C)c2ccnc3cc(Br)cnc23)C1. The van der Waals surface area contributed by atoms with Gasteiger partial charge in [-0.3, -0.25) is 9.97 Å². The van der Waals surface area contributed by atoms with Crippen molar-refractivity contribution < 1.29 is 0 Å². The Bertz CT molecular complexity index is 616. The second kappa shape index (κ2) is 5.66. The molecule has 1 aliphatic heterocycles. The highest BCUT2D eigenvalue weighted by molar-refractivity contribution is 9.10. The molecular formula is C15H19BrN4. The molecule has 0 N–H and O–H groups in total. The van der Waals surface area contributed by atoms with E-state index in [1.54, 1.807) is 0 Å². The molecule has 1 atom stereocenters. The molecule has 106 valence electrons. The molecule has 3 heterocycles. The number of likely N-dealkylation sites (tertiary alicyclic amines) is 1. The number of rotatable bonds is 2. The van der Waals surface area contributed by atoms with Crippen LogP contribution in [0.5, 0.6) is 0 Å². The Morgan fingerprint density at radius 1 is 1.40 bits per heavy atom. The lowest BCUT2D eigenvalue weighted by atomic mass is 10.0. The summed E-state index contributed by atoms with van der Waals surface area (Å²) in [6.07, 6.45) is 6.21. The Balaban J connectivity index is 1.96. The summed E-state index contributed by atoms with van der Waals surface area (Å²) in [5, 5.41) is 0. The lowest BCUT2D eigenvalue weighted by molar-refractivity contribution is 0.248. The predicted octanol–water partition coefficient (Wildman–Crippen LogP) is 2.92. The number of anilines is 1. The third kappa shape index (κ3) is 2.65. The van der Waals surface area contributed by atoms with E-state index in [-0.39, 0.29) is 0 Å². The van der Waals surface area contributed by atoms with Crippen LogP contribution in [0.15, 0.2) is 29.0 Å². The summed E-state index contributed by atoms with van der Waals surface area (Å²) in [6.45, 7) is 2.31. The largest absolute Gasteiger partial charge is 0.368 e. The van der Waals surface area contributed by atoms with Crippen LogP contribution >= 0.6 is 15.9 Å². The maximum atomic E-state index is 4.55. The predicted molar refractivity (Wildman–Crippen MR) is 86.2 cm³/mol. The number of pyridine rings is 2. The van der Waals surface area contributed by atoms with E-state index < -0.39 is 0 Å². The van der Waals surface area contributed by atoms with Gasteiger partial charge >= 0.3 is 0 Å². The monoisotopic (exact) mass is 334 g/mol. The van der Waals surface area contributed by atoms with Crippen molar-refractivity contribution in [2.45, 2.75) is 18.9 Å². The van der Waals surface area contributed by atoms with Crippen molar-refractivity contribution in [3.05, 3.63) is 29.0 Å². The molecule has 20 heavy (non-hydrogen) atoms. The van der Waals surface area contributed by atoms with Gasteiger partial charge < -0.3 is 9.80 Å². The van der Waals surface area contributed by atoms with Crippen LogP contribution in [0.4, 0.5) is 5.69 Å². The summed E-state index contributed by atoms with van der Waals surface area (Å²) in [6, 6.07) is 4.63. The smallest absolute Gasteiger partial charge is 0.112 e. The van der Waals surface area contributed by atoms with E-state index in [1.165, 1.54) is 25.1 Å². The lowest BCUT2D eigenvalue weighted by Crippen LogP contribution is -2.45. The molecule has 3 rings (SSSR count). The van der Waals surface area contributed by atoms with Gasteiger partial charge in [0.25, 0.3) is 0 Å². The minimum Gasteiger partial charge on any atom is -0.368 e. The maximum absolute atomic E-state index is 4.55. The van der Waals surface area contributed by atoms with Gasteiger partial charge in [-0.2, -0.15) is 0 Å². The van der Waals surface area contributed by atoms with Crippen molar-refractivity contribution in [2.24, 2.45) is 0 Å². The highest BCUT2D eigenvalue weighted by Crippen LogP contribution is 2.27. The molecule has 2 aromatic rings. The molecule has 0 aromatic carbocycles. The molecular weight excluding hydrogens is 316 g/mol. The van der Waals surface area contributed by atoms with Gasteiger partial charge in [-0.25, -0.2) is 0 Å². The quantitative estimate of drug-likeness (QED) is 0.845. The topological polar surface area (TPSA) is 32.3 Å². The van der Waals surface area contributed by atoms with Crippen molar-refractivity contribution in [2.75, 3.05) is 32.1 Å². The zero-order chi connectivity index (χ0) is 14.1. The standard InChI is InChI=1S/C15H19BrN4/c1-19-7-3-4-12(10-19)20(2)14-5-6-17-13-8-11(16)9-18-15(13)14/h5-6,8-9,12H,3-4,7,10H2,1-2H3. The second-order valence-corrected chi connectivity index (χ2v) is 6.44. The molecule has 0 spiro atoms. The number of nitrogens with zero attached hydrogens (tertiary/aromatic N) is 4. The van der Waals surface area contributed by atoms with Gasteiger partial charge in [-0.15, -0.1) is 0 Å². The Kier molecular flexibility index (Phi) is 3.89. The van der Waals surface area contributed by atoms with Crippen molar-refractivity contribution in [1.29, 1.82) is 0 Å². The van der Waals surface area contributed by atoms with Gasteiger partial charge in [0.15, 0.2) is 0 Å². The fourth-order valence-electron chi connectivity index (χ4n) is 2.93. The number of fused-ring (bicyclic) bond motifs is 1. The van der Waals surface area contributed by atoms with E-state index in [0.717, 1.165) is 22.1 Å². The zero-order valence-corrected chi connectivity index (χ0v) is 13.5. The zero-order valence-electron chi connectivity index (χ0n) is 11.9. The summed E-state index contributed by atoms with van der Waals surface area (Å²) in [7, 11) is 4.36. The Morgan fingerprint density at radius 3 is 3.05 bits per heavy atom. The molecule has 1 unspecified atom stereocenters. The summed E-state index contributed by atoms with van der Waals surface area (Å²) in [5.41, 5.74) is 3.09. The Morgan fingerprint density at radius 2 is 2.25 bits per heavy atom. The van der Waals surface area contributed by atoms with Crippen molar-refractivity contribution in [3.8, 4) is 0 Å². The molecule has 2 aromatic heterocycles. The average Bonchev–Trinajstić information content (AvgIpc) is 2.45. The van der Waals surface area contributed by atoms with E-state index >= 15 is 0 Å². The maximum Gasteiger partial charge on any atom is 0.112 e. The first kappa shape index (κ1) is 13.8. The first-order chi connectivity index (χ1) is 9.65. The third-order valence-electron chi connectivity index (χ3n) is 4.05. The van der Waals surface area contributed by atoms with Gasteiger partial charge in [-0.1, -0.05) is 0 Å². The van der Waals surface area contributed by atoms with Crippen LogP contribution in [0, 0.1) is 0 Å². The van der Waals surface area contributed by atoms with Crippen LogP contribution in [0.3, 0.4) is 0 Å². The second-order valence-electron chi connectivity index (χ2n) is 5.52. The number of halogens is 1. The fourth-order valence-corrected chi connectivity index (χ4v) is 3.25. The van der Waals surface area contributed by atoms with Crippen molar-refractivity contribution >= 4 is 32.7 Å². The van der Waals surface area contributed by atoms with Gasteiger partial charge in [0.2, 0.25) is 0 Å². The Hall–Kier alpha value is -1.20. The van der Waals surface area contributed by atoms with E-state index in [2.05, 4.69) is 55.9 Å². The molecule has 0 radical (unpaired) electrons. The first-order valence-electron chi connectivity index (χ1n) is 6.97. The molecule has 1 fully saturated rings. The van der Waals surface area contributed by atoms with Crippen LogP contribution in [-0.2, 0) is 0 Å². The van der Waals surface area contributed by atoms with E-state index in [9.17, 15) is 0 Å². The molecule has 0 aliphatic carbocycles. The minimum absolute atomic E-state index is 0.546. The molecule has 4 nitrogen and oxygen atoms in total. The molecule has 5 heteroatoms. The van der Waals surface area contributed by atoms with Crippen LogP contribution in [0.25, 0.3) is 11.0 Å². The Labute approximate surface area is 127 Å². The molecule has 0 bridgehead atoms. The van der Waals surface area contributed by atoms with Crippen molar-refractivity contribution in [3.63, 3.8) is 0 Å².